The number of aromatic nitrogens is 1. The van der Waals surface area contributed by atoms with Crippen molar-refractivity contribution < 1.29 is 123 Å². The molecular weight excluding hydrogens is 1150 g/mol. The first-order chi connectivity index (χ1) is 35.4. The van der Waals surface area contributed by atoms with Gasteiger partial charge in [-0.25, -0.2) is 0 Å². The lowest BCUT2D eigenvalue weighted by atomic mass is 9.12. The van der Waals surface area contributed by atoms with Crippen LogP contribution in [0.3, 0.4) is 0 Å². The van der Waals surface area contributed by atoms with Crippen molar-refractivity contribution in [2.75, 3.05) is 0 Å². The lowest BCUT2D eigenvalue weighted by Crippen LogP contribution is -2.75. The van der Waals surface area contributed by atoms with Crippen LogP contribution in [0.4, 0.5) is 119 Å². The summed E-state index contributed by atoms with van der Waals surface area (Å²) in [6, 6.07) is 7.80. The molecule has 1 heterocycles. The van der Waals surface area contributed by atoms with E-state index < -0.39 is 207 Å². The number of hydrogen-bond donors (Lipinski definition) is 0. The van der Waals surface area contributed by atoms with Crippen molar-refractivity contribution in [1.82, 2.24) is 0 Å². The Bertz CT molecular complexity index is 2910. The van der Waals surface area contributed by atoms with E-state index in [9.17, 15) is 119 Å². The van der Waals surface area contributed by atoms with Gasteiger partial charge in [-0.3, -0.25) is 0 Å². The minimum Gasteiger partial charge on any atom is -0.194 e. The van der Waals surface area contributed by atoms with Gasteiger partial charge < -0.3 is 0 Å². The zero-order valence-electron chi connectivity index (χ0n) is 37.5. The molecule has 7 rings (SSSR count). The van der Waals surface area contributed by atoms with Crippen LogP contribution in [-0.2, 0) is 56.0 Å². The molecule has 0 saturated heterocycles. The summed E-state index contributed by atoms with van der Waals surface area (Å²) in [5.74, 6) is -1.45. The van der Waals surface area contributed by atoms with Gasteiger partial charge in [-0.2, -0.15) is 145 Å². The molecule has 0 atom stereocenters. The molecule has 0 unspecified atom stereocenters. The van der Waals surface area contributed by atoms with Crippen LogP contribution < -0.4 is 26.4 Å². The van der Waals surface area contributed by atoms with E-state index >= 15 is 0 Å². The summed E-state index contributed by atoms with van der Waals surface area (Å²) in [7, 11) is 0. The molecule has 0 amide bonds. The largest absolute Gasteiger partial charge is 0.416 e. The van der Waals surface area contributed by atoms with Gasteiger partial charge in [0.1, 0.15) is 10.8 Å². The Morgan fingerprint density at radius 1 is 0.346 bits per heavy atom. The van der Waals surface area contributed by atoms with Crippen molar-refractivity contribution in [3.63, 3.8) is 0 Å². The second kappa shape index (κ2) is 20.7. The summed E-state index contributed by atoms with van der Waals surface area (Å²) in [6.07, 6.45) is -57.1. The molecule has 30 heteroatoms. The van der Waals surface area contributed by atoms with Gasteiger partial charge in [-0.1, -0.05) is 102 Å². The van der Waals surface area contributed by atoms with E-state index in [0.29, 0.717) is 6.54 Å². The van der Waals surface area contributed by atoms with Crippen LogP contribution in [0, 0.1) is 0 Å². The lowest BCUT2D eigenvalue weighted by molar-refractivity contribution is -0.660. The molecule has 0 N–H and O–H groups in total. The fraction of sp³-hybridized carbons (Fsp3) is 0.188. The minimum absolute atomic E-state index is 0.0555. The second-order valence-electron chi connectivity index (χ2n) is 16.7. The van der Waals surface area contributed by atoms with E-state index in [0.717, 1.165) is 27.1 Å². The summed E-state index contributed by atoms with van der Waals surface area (Å²) in [6.45, 7) is 0.348. The third-order valence-corrected chi connectivity index (χ3v) is 12.7. The fourth-order valence-electron chi connectivity index (χ4n) is 8.27. The number of para-hydroxylation sites is 1. The molecule has 418 valence electrons. The Kier molecular flexibility index (Phi) is 16.0. The zero-order valence-corrected chi connectivity index (χ0v) is 38.3. The number of fused-ring (bicyclic) bond motifs is 1. The summed E-state index contributed by atoms with van der Waals surface area (Å²) in [5, 5.41) is -0.0555. The zero-order chi connectivity index (χ0) is 58.7. The van der Waals surface area contributed by atoms with Crippen LogP contribution in [0.15, 0.2) is 133 Å². The van der Waals surface area contributed by atoms with Crippen molar-refractivity contribution in [3.05, 3.63) is 189 Å². The van der Waals surface area contributed by atoms with Gasteiger partial charge in [0.2, 0.25) is 5.52 Å². The molecule has 0 aliphatic carbocycles. The van der Waals surface area contributed by atoms with Gasteiger partial charge in [0.25, 0.3) is 5.83 Å². The predicted molar refractivity (Wildman–Crippen MR) is 228 cm³/mol. The van der Waals surface area contributed by atoms with Gasteiger partial charge in [0, 0.05) is 11.6 Å². The average Bonchev–Trinajstić information content (AvgIpc) is 3.74. The highest BCUT2D eigenvalue weighted by Gasteiger charge is 2.47. The number of benzene rings is 6. The molecule has 0 bridgehead atoms. The van der Waals surface area contributed by atoms with E-state index in [1.807, 2.05) is 48.5 Å². The molecule has 78 heavy (non-hydrogen) atoms. The van der Waals surface area contributed by atoms with Crippen LogP contribution in [0.2, 0.25) is 0 Å². The standard InChI is InChI=1S/C32H12BF24.C16H11F3NS/c34-25(35,36)13-1-14(26(37,38)39)6-21(5-13)33(22-7-15(27(40,41)42)2-16(8-22)28(43,44)45,23-9-17(29(46,47)48)3-18(10-23)30(49,50)51)24-11-19(31(52,53)54)4-20(12-24)32(55,56)57;17-14(15(18)19)16-20(10-11-6-2-1-3-7-11)12-8-4-5-9-13(12)21-16/h1-12H;1-9H,10H2/q-1;+1. The molecule has 6 aromatic carbocycles. The highest BCUT2D eigenvalue weighted by molar-refractivity contribution is 7.20. The van der Waals surface area contributed by atoms with Crippen LogP contribution in [0.25, 0.3) is 16.0 Å². The second-order valence-corrected chi connectivity index (χ2v) is 17.8. The van der Waals surface area contributed by atoms with Gasteiger partial charge in [0.15, 0.2) is 6.54 Å². The third kappa shape index (κ3) is 13.2. The van der Waals surface area contributed by atoms with E-state index in [-0.39, 0.29) is 5.01 Å². The number of hydrogen-bond acceptors (Lipinski definition) is 1. The summed E-state index contributed by atoms with van der Waals surface area (Å²) in [4.78, 5) is 0. The molecular formula is C48H23BF27NS. The Morgan fingerprint density at radius 3 is 0.859 bits per heavy atom. The van der Waals surface area contributed by atoms with Gasteiger partial charge >= 0.3 is 60.5 Å². The van der Waals surface area contributed by atoms with Gasteiger partial charge in [-0.15, -0.1) is 0 Å². The predicted octanol–water partition coefficient (Wildman–Crippen LogP) is 16.0. The minimum atomic E-state index is -6.13. The van der Waals surface area contributed by atoms with Crippen molar-refractivity contribution in [2.24, 2.45) is 0 Å². The maximum Gasteiger partial charge on any atom is 0.416 e. The van der Waals surface area contributed by atoms with Crippen molar-refractivity contribution >= 4 is 55.4 Å². The van der Waals surface area contributed by atoms with E-state index in [1.54, 1.807) is 10.6 Å². The molecule has 0 aliphatic rings. The molecule has 7 aromatic rings. The Morgan fingerprint density at radius 2 is 0.603 bits per heavy atom. The van der Waals surface area contributed by atoms with Crippen molar-refractivity contribution in [3.8, 4) is 0 Å². The topological polar surface area (TPSA) is 3.88 Å². The number of nitrogens with zero attached hydrogens (tertiary/aromatic N) is 1. The smallest absolute Gasteiger partial charge is 0.194 e. The lowest BCUT2D eigenvalue weighted by Gasteiger charge is -2.46. The molecule has 0 radical (unpaired) electrons. The Balaban J connectivity index is 0.000000387. The first-order valence-electron chi connectivity index (χ1n) is 20.9. The SMILES string of the molecule is FC(F)(F)c1cc([B-](c2cc(C(F)(F)F)cc(C(F)(F)F)c2)(c2cc(C(F)(F)F)cc(C(F)(F)F)c2)c2cc(C(F)(F)F)cc(C(F)(F)F)c2)cc(C(F)(F)F)c1.FC(F)=C(F)c1sc2ccccc2[n+]1Cc1ccccc1. The maximum absolute atomic E-state index is 14.2. The van der Waals surface area contributed by atoms with Gasteiger partial charge in [0.05, 0.1) is 44.5 Å². The molecule has 1 nitrogen and oxygen atoms in total. The maximum atomic E-state index is 14.2. The fourth-order valence-corrected chi connectivity index (χ4v) is 9.35. The quantitative estimate of drug-likeness (QED) is 0.0851. The Labute approximate surface area is 422 Å². The summed E-state index contributed by atoms with van der Waals surface area (Å²) < 4.78 is 382. The molecule has 0 aliphatic heterocycles. The highest BCUT2D eigenvalue weighted by atomic mass is 32.1. The van der Waals surface area contributed by atoms with Crippen molar-refractivity contribution in [2.45, 2.75) is 56.0 Å². The van der Waals surface area contributed by atoms with Crippen LogP contribution in [0.1, 0.15) is 55.1 Å². The molecule has 0 spiro atoms. The van der Waals surface area contributed by atoms with Crippen LogP contribution in [-0.4, -0.2) is 6.15 Å². The monoisotopic (exact) mass is 1170 g/mol. The first kappa shape index (κ1) is 60.4. The third-order valence-electron chi connectivity index (χ3n) is 11.6. The van der Waals surface area contributed by atoms with E-state index in [2.05, 4.69) is 0 Å². The molecule has 0 saturated carbocycles. The average molecular weight is 1170 g/mol. The molecule has 0 fully saturated rings. The number of rotatable bonds is 7. The van der Waals surface area contributed by atoms with E-state index in [1.165, 1.54) is 0 Å². The van der Waals surface area contributed by atoms with E-state index in [4.69, 9.17) is 0 Å². The molecule has 1 aromatic heterocycles. The highest BCUT2D eigenvalue weighted by Crippen LogP contribution is 2.42. The first-order valence-corrected chi connectivity index (χ1v) is 21.8. The number of thiazole rings is 1. The number of alkyl halides is 24. The number of halogens is 27. The Hall–Kier alpha value is -6.88. The van der Waals surface area contributed by atoms with Crippen molar-refractivity contribution in [1.29, 1.82) is 0 Å². The van der Waals surface area contributed by atoms with Crippen LogP contribution >= 0.6 is 11.3 Å². The normalized spacial score (nSPS) is 13.4. The van der Waals surface area contributed by atoms with Gasteiger partial charge in [-0.05, 0) is 30.3 Å². The van der Waals surface area contributed by atoms with Crippen LogP contribution in [0.5, 0.6) is 0 Å². The summed E-state index contributed by atoms with van der Waals surface area (Å²) >= 11 is 1.03. The summed E-state index contributed by atoms with van der Waals surface area (Å²) in [5.41, 5.74) is -28.5.